The second-order valence-electron chi connectivity index (χ2n) is 4.57. The van der Waals surface area contributed by atoms with Crippen LogP contribution in [-0.4, -0.2) is 5.11 Å². The van der Waals surface area contributed by atoms with E-state index in [-0.39, 0.29) is 0 Å². The van der Waals surface area contributed by atoms with Crippen molar-refractivity contribution >= 4 is 0 Å². The van der Waals surface area contributed by atoms with Crippen molar-refractivity contribution in [2.75, 3.05) is 0 Å². The highest BCUT2D eigenvalue weighted by Gasteiger charge is 2.07. The van der Waals surface area contributed by atoms with Crippen LogP contribution < -0.4 is 0 Å². The summed E-state index contributed by atoms with van der Waals surface area (Å²) in [5.74, 6) is 0. The van der Waals surface area contributed by atoms with Crippen molar-refractivity contribution in [3.63, 3.8) is 0 Å². The monoisotopic (exact) mass is 226 g/mol. The van der Waals surface area contributed by atoms with Gasteiger partial charge in [-0.05, 0) is 54.7 Å². The zero-order chi connectivity index (χ0) is 12.4. The Balaban J connectivity index is 2.57. The molecule has 0 bridgehead atoms. The van der Waals surface area contributed by atoms with E-state index >= 15 is 0 Å². The fourth-order valence-corrected chi connectivity index (χ4v) is 2.22. The number of hydrogen-bond donors (Lipinski definition) is 1. The Morgan fingerprint density at radius 2 is 1.53 bits per heavy atom. The highest BCUT2D eigenvalue weighted by atomic mass is 16.3. The summed E-state index contributed by atoms with van der Waals surface area (Å²) < 4.78 is 0. The number of aryl methyl sites for hydroxylation is 2. The third-order valence-electron chi connectivity index (χ3n) is 3.14. The molecule has 0 radical (unpaired) electrons. The summed E-state index contributed by atoms with van der Waals surface area (Å²) in [4.78, 5) is 0. The highest BCUT2D eigenvalue weighted by molar-refractivity contribution is 5.71. The van der Waals surface area contributed by atoms with Crippen molar-refractivity contribution in [3.05, 3.63) is 59.2 Å². The number of aliphatic hydroxyl groups is 1. The molecule has 1 N–H and O–H groups in total. The standard InChI is InChI=1S/C16H18O/c1-11-6-4-7-12(2)16(11)15-9-5-8-14(10-15)13(3)17/h4-10,13,17H,1-3H3/t13-/m1/s1. The van der Waals surface area contributed by atoms with Gasteiger partial charge in [0.25, 0.3) is 0 Å². The maximum absolute atomic E-state index is 9.63. The number of rotatable bonds is 2. The first-order valence-corrected chi connectivity index (χ1v) is 5.94. The van der Waals surface area contributed by atoms with Crippen LogP contribution in [-0.2, 0) is 0 Å². The SMILES string of the molecule is Cc1cccc(C)c1-c1cccc([C@@H](C)O)c1. The molecule has 0 saturated carbocycles. The van der Waals surface area contributed by atoms with Crippen LogP contribution in [0.5, 0.6) is 0 Å². The van der Waals surface area contributed by atoms with Crippen LogP contribution >= 0.6 is 0 Å². The Morgan fingerprint density at radius 1 is 0.941 bits per heavy atom. The van der Waals surface area contributed by atoms with Crippen LogP contribution in [0.2, 0.25) is 0 Å². The van der Waals surface area contributed by atoms with Gasteiger partial charge in [0.15, 0.2) is 0 Å². The van der Waals surface area contributed by atoms with Crippen LogP contribution in [0.25, 0.3) is 11.1 Å². The predicted octanol–water partition coefficient (Wildman–Crippen LogP) is 4.02. The number of aliphatic hydroxyl groups excluding tert-OH is 1. The van der Waals surface area contributed by atoms with E-state index in [1.54, 1.807) is 6.92 Å². The molecule has 2 aromatic carbocycles. The molecule has 0 aliphatic carbocycles. The molecule has 1 nitrogen and oxygen atoms in total. The minimum absolute atomic E-state index is 0.417. The molecule has 0 saturated heterocycles. The fourth-order valence-electron chi connectivity index (χ4n) is 2.22. The van der Waals surface area contributed by atoms with Gasteiger partial charge >= 0.3 is 0 Å². The summed E-state index contributed by atoms with van der Waals surface area (Å²) in [7, 11) is 0. The van der Waals surface area contributed by atoms with Gasteiger partial charge < -0.3 is 5.11 Å². The van der Waals surface area contributed by atoms with Gasteiger partial charge in [-0.3, -0.25) is 0 Å². The maximum atomic E-state index is 9.63. The van der Waals surface area contributed by atoms with Crippen molar-refractivity contribution in [1.29, 1.82) is 0 Å². The first-order valence-electron chi connectivity index (χ1n) is 5.94. The van der Waals surface area contributed by atoms with Gasteiger partial charge in [0, 0.05) is 0 Å². The molecule has 0 aliphatic heterocycles. The Morgan fingerprint density at radius 3 is 2.12 bits per heavy atom. The molecule has 2 rings (SSSR count). The topological polar surface area (TPSA) is 20.2 Å². The first kappa shape index (κ1) is 11.9. The van der Waals surface area contributed by atoms with E-state index in [0.29, 0.717) is 0 Å². The van der Waals surface area contributed by atoms with Gasteiger partial charge in [-0.15, -0.1) is 0 Å². The average Bonchev–Trinajstić information content (AvgIpc) is 2.29. The van der Waals surface area contributed by atoms with Crippen LogP contribution in [0.3, 0.4) is 0 Å². The summed E-state index contributed by atoms with van der Waals surface area (Å²) in [5.41, 5.74) is 5.96. The van der Waals surface area contributed by atoms with Crippen LogP contribution in [0.4, 0.5) is 0 Å². The van der Waals surface area contributed by atoms with Crippen molar-refractivity contribution in [2.45, 2.75) is 26.9 Å². The zero-order valence-corrected chi connectivity index (χ0v) is 10.6. The molecule has 0 fully saturated rings. The van der Waals surface area contributed by atoms with Crippen molar-refractivity contribution < 1.29 is 5.11 Å². The Labute approximate surface area is 103 Å². The predicted molar refractivity (Wildman–Crippen MR) is 72.0 cm³/mol. The van der Waals surface area contributed by atoms with E-state index in [1.165, 1.54) is 22.3 Å². The van der Waals surface area contributed by atoms with E-state index in [1.807, 2.05) is 12.1 Å². The summed E-state index contributed by atoms with van der Waals surface area (Å²) >= 11 is 0. The molecule has 0 aliphatic rings. The first-order chi connectivity index (χ1) is 8.09. The lowest BCUT2D eigenvalue weighted by atomic mass is 9.94. The Bertz CT molecular complexity index is 507. The molecule has 1 atom stereocenters. The zero-order valence-electron chi connectivity index (χ0n) is 10.6. The van der Waals surface area contributed by atoms with E-state index in [9.17, 15) is 5.11 Å². The van der Waals surface area contributed by atoms with Gasteiger partial charge in [0.1, 0.15) is 0 Å². The summed E-state index contributed by atoms with van der Waals surface area (Å²) in [6.07, 6.45) is -0.417. The second kappa shape index (κ2) is 4.72. The number of hydrogen-bond acceptors (Lipinski definition) is 1. The minimum Gasteiger partial charge on any atom is -0.389 e. The summed E-state index contributed by atoms with van der Waals surface area (Å²) in [5, 5.41) is 9.63. The molecule has 0 amide bonds. The van der Waals surface area contributed by atoms with Gasteiger partial charge in [-0.2, -0.15) is 0 Å². The second-order valence-corrected chi connectivity index (χ2v) is 4.57. The summed E-state index contributed by atoms with van der Waals surface area (Å²) in [6.45, 7) is 6.04. The van der Waals surface area contributed by atoms with E-state index in [0.717, 1.165) is 5.56 Å². The average molecular weight is 226 g/mol. The fraction of sp³-hybridized carbons (Fsp3) is 0.250. The third kappa shape index (κ3) is 2.40. The summed E-state index contributed by atoms with van der Waals surface area (Å²) in [6, 6.07) is 14.5. The highest BCUT2D eigenvalue weighted by Crippen LogP contribution is 2.28. The van der Waals surface area contributed by atoms with Crippen molar-refractivity contribution in [2.24, 2.45) is 0 Å². The Kier molecular flexibility index (Phi) is 3.30. The van der Waals surface area contributed by atoms with Crippen molar-refractivity contribution in [1.82, 2.24) is 0 Å². The lowest BCUT2D eigenvalue weighted by Gasteiger charge is -2.12. The molecular formula is C16H18O. The normalized spacial score (nSPS) is 12.5. The smallest absolute Gasteiger partial charge is 0.0762 e. The molecule has 0 heterocycles. The van der Waals surface area contributed by atoms with E-state index < -0.39 is 6.10 Å². The van der Waals surface area contributed by atoms with Gasteiger partial charge in [0.05, 0.1) is 6.10 Å². The number of benzene rings is 2. The molecule has 0 aromatic heterocycles. The van der Waals surface area contributed by atoms with Gasteiger partial charge in [-0.1, -0.05) is 36.4 Å². The Hall–Kier alpha value is -1.60. The van der Waals surface area contributed by atoms with Gasteiger partial charge in [0.2, 0.25) is 0 Å². The molecule has 17 heavy (non-hydrogen) atoms. The quantitative estimate of drug-likeness (QED) is 0.820. The van der Waals surface area contributed by atoms with Crippen LogP contribution in [0.1, 0.15) is 29.7 Å². The van der Waals surface area contributed by atoms with Crippen LogP contribution in [0, 0.1) is 13.8 Å². The lowest BCUT2D eigenvalue weighted by Crippen LogP contribution is -1.93. The molecule has 0 spiro atoms. The minimum atomic E-state index is -0.417. The van der Waals surface area contributed by atoms with Crippen molar-refractivity contribution in [3.8, 4) is 11.1 Å². The largest absolute Gasteiger partial charge is 0.389 e. The molecule has 2 aromatic rings. The third-order valence-corrected chi connectivity index (χ3v) is 3.14. The van der Waals surface area contributed by atoms with Crippen LogP contribution in [0.15, 0.2) is 42.5 Å². The molecule has 88 valence electrons. The molecular weight excluding hydrogens is 208 g/mol. The maximum Gasteiger partial charge on any atom is 0.0762 e. The molecule has 0 unspecified atom stereocenters. The lowest BCUT2D eigenvalue weighted by molar-refractivity contribution is 0.199. The molecule has 1 heteroatoms. The van der Waals surface area contributed by atoms with E-state index in [2.05, 4.69) is 44.2 Å². The van der Waals surface area contributed by atoms with Gasteiger partial charge in [-0.25, -0.2) is 0 Å². The van der Waals surface area contributed by atoms with E-state index in [4.69, 9.17) is 0 Å².